The van der Waals surface area contributed by atoms with E-state index in [1.165, 1.54) is 6.20 Å². The number of hydrogen-bond donors (Lipinski definition) is 1. The minimum Gasteiger partial charge on any atom is -0.476 e. The van der Waals surface area contributed by atoms with Crippen LogP contribution in [0.2, 0.25) is 0 Å². The zero-order valence-electron chi connectivity index (χ0n) is 14.3. The van der Waals surface area contributed by atoms with Crippen molar-refractivity contribution >= 4 is 23.2 Å². The molecule has 1 N–H and O–H groups in total. The number of nitro groups is 1. The fourth-order valence-corrected chi connectivity index (χ4v) is 2.88. The first-order chi connectivity index (χ1) is 13.2. The van der Waals surface area contributed by atoms with Crippen molar-refractivity contribution in [2.24, 2.45) is 0 Å². The Morgan fingerprint density at radius 3 is 2.25 bits per heavy atom. The van der Waals surface area contributed by atoms with Crippen LogP contribution < -0.4 is 9.80 Å². The number of aromatic carboxylic acids is 1. The number of carboxylic acid groups (broad SMARTS) is 1. The molecule has 1 aliphatic rings. The van der Waals surface area contributed by atoms with E-state index < -0.39 is 28.3 Å². The quantitative estimate of drug-likeness (QED) is 0.618. The summed E-state index contributed by atoms with van der Waals surface area (Å²) in [5.74, 6) is -0.745. The highest BCUT2D eigenvalue weighted by atomic mass is 19.4. The van der Waals surface area contributed by atoms with Crippen molar-refractivity contribution in [1.82, 2.24) is 9.97 Å². The van der Waals surface area contributed by atoms with E-state index in [1.807, 2.05) is 4.90 Å². The third-order valence-corrected chi connectivity index (χ3v) is 4.30. The van der Waals surface area contributed by atoms with Crippen LogP contribution in [0.1, 0.15) is 16.1 Å². The van der Waals surface area contributed by atoms with Gasteiger partial charge in [0.05, 0.1) is 22.9 Å². The van der Waals surface area contributed by atoms with E-state index in [0.29, 0.717) is 38.1 Å². The van der Waals surface area contributed by atoms with Crippen molar-refractivity contribution < 1.29 is 28.0 Å². The van der Waals surface area contributed by atoms with Crippen LogP contribution in [0.5, 0.6) is 0 Å². The summed E-state index contributed by atoms with van der Waals surface area (Å²) in [6.45, 7) is 1.40. The number of carbonyl (C=O) groups is 1. The average molecular weight is 397 g/mol. The van der Waals surface area contributed by atoms with Crippen LogP contribution in [0.4, 0.5) is 30.4 Å². The summed E-state index contributed by atoms with van der Waals surface area (Å²) < 4.78 is 38.5. The molecule has 9 nitrogen and oxygen atoms in total. The lowest BCUT2D eigenvalue weighted by Crippen LogP contribution is -2.47. The lowest BCUT2D eigenvalue weighted by molar-refractivity contribution is -0.384. The van der Waals surface area contributed by atoms with Crippen LogP contribution in [0, 0.1) is 10.1 Å². The van der Waals surface area contributed by atoms with Gasteiger partial charge in [-0.15, -0.1) is 0 Å². The van der Waals surface area contributed by atoms with Gasteiger partial charge in [0.2, 0.25) is 0 Å². The lowest BCUT2D eigenvalue weighted by atomic mass is 10.1. The van der Waals surface area contributed by atoms with Gasteiger partial charge < -0.3 is 14.9 Å². The van der Waals surface area contributed by atoms with Gasteiger partial charge in [-0.3, -0.25) is 10.1 Å². The maximum Gasteiger partial charge on any atom is 0.416 e. The molecule has 0 radical (unpaired) electrons. The monoisotopic (exact) mass is 397 g/mol. The number of carboxylic acids is 1. The van der Waals surface area contributed by atoms with E-state index in [4.69, 9.17) is 5.11 Å². The maximum absolute atomic E-state index is 12.8. The smallest absolute Gasteiger partial charge is 0.416 e. The standard InChI is InChI=1S/C16H14F3N5O4/c17-16(18,19)10-1-2-12(13(7-10)24(27)28)22-3-5-23(6-4-22)14-9-20-11(8-21-14)15(25)26/h1-2,7-9H,3-6H2,(H,25,26). The molecule has 3 rings (SSSR count). The Bertz CT molecular complexity index is 896. The average Bonchev–Trinajstić information content (AvgIpc) is 2.67. The number of nitrogens with zero attached hydrogens (tertiary/aromatic N) is 5. The highest BCUT2D eigenvalue weighted by molar-refractivity contribution is 5.84. The Balaban J connectivity index is 1.75. The second kappa shape index (κ2) is 7.29. The van der Waals surface area contributed by atoms with E-state index >= 15 is 0 Å². The van der Waals surface area contributed by atoms with Crippen LogP contribution in [0.15, 0.2) is 30.6 Å². The van der Waals surface area contributed by atoms with E-state index in [0.717, 1.165) is 18.3 Å². The predicted octanol–water partition coefficient (Wildman–Crippen LogP) is 2.43. The number of piperazine rings is 1. The maximum atomic E-state index is 12.8. The molecule has 0 saturated carbocycles. The third-order valence-electron chi connectivity index (χ3n) is 4.30. The molecule has 0 atom stereocenters. The van der Waals surface area contributed by atoms with Gasteiger partial charge in [-0.1, -0.05) is 0 Å². The summed E-state index contributed by atoms with van der Waals surface area (Å²) in [6.07, 6.45) is -2.22. The highest BCUT2D eigenvalue weighted by Crippen LogP contribution is 2.36. The number of hydrogen-bond acceptors (Lipinski definition) is 7. The lowest BCUT2D eigenvalue weighted by Gasteiger charge is -2.36. The molecule has 1 saturated heterocycles. The highest BCUT2D eigenvalue weighted by Gasteiger charge is 2.34. The van der Waals surface area contributed by atoms with Crippen molar-refractivity contribution in [3.05, 3.63) is 52.0 Å². The first-order valence-corrected chi connectivity index (χ1v) is 8.07. The van der Waals surface area contributed by atoms with Gasteiger partial charge in [-0.2, -0.15) is 13.2 Å². The normalized spacial score (nSPS) is 14.8. The van der Waals surface area contributed by atoms with Crippen LogP contribution >= 0.6 is 0 Å². The largest absolute Gasteiger partial charge is 0.476 e. The topological polar surface area (TPSA) is 113 Å². The van der Waals surface area contributed by atoms with Gasteiger partial charge in [-0.25, -0.2) is 14.8 Å². The van der Waals surface area contributed by atoms with Crippen LogP contribution in [0.3, 0.4) is 0 Å². The Labute approximate surface area is 156 Å². The van der Waals surface area contributed by atoms with Crippen LogP contribution in [-0.2, 0) is 6.18 Å². The van der Waals surface area contributed by atoms with Gasteiger partial charge in [0.1, 0.15) is 11.5 Å². The number of halogens is 3. The van der Waals surface area contributed by atoms with Crippen LogP contribution in [0.25, 0.3) is 0 Å². The molecule has 0 bridgehead atoms. The summed E-state index contributed by atoms with van der Waals surface area (Å²) in [5, 5.41) is 20.1. The summed E-state index contributed by atoms with van der Waals surface area (Å²) in [4.78, 5) is 32.5. The number of aromatic nitrogens is 2. The van der Waals surface area contributed by atoms with Gasteiger partial charge >= 0.3 is 12.1 Å². The molecule has 1 aromatic carbocycles. The third kappa shape index (κ3) is 3.94. The van der Waals surface area contributed by atoms with E-state index in [-0.39, 0.29) is 11.4 Å². The number of alkyl halides is 3. The first-order valence-electron chi connectivity index (χ1n) is 8.07. The second-order valence-corrected chi connectivity index (χ2v) is 6.00. The van der Waals surface area contributed by atoms with E-state index in [2.05, 4.69) is 9.97 Å². The molecular weight excluding hydrogens is 383 g/mol. The molecule has 2 aromatic rings. The summed E-state index contributed by atoms with van der Waals surface area (Å²) in [5.41, 5.74) is -1.75. The molecule has 0 amide bonds. The van der Waals surface area contributed by atoms with Gasteiger partial charge in [0, 0.05) is 32.2 Å². The van der Waals surface area contributed by atoms with Crippen molar-refractivity contribution in [3.8, 4) is 0 Å². The first kappa shape index (κ1) is 19.3. The fourth-order valence-electron chi connectivity index (χ4n) is 2.88. The summed E-state index contributed by atoms with van der Waals surface area (Å²) in [7, 11) is 0. The molecule has 1 fully saturated rings. The minimum absolute atomic E-state index is 0.116. The van der Waals surface area contributed by atoms with Crippen molar-refractivity contribution in [2.45, 2.75) is 6.18 Å². The zero-order chi connectivity index (χ0) is 20.5. The number of anilines is 2. The number of rotatable bonds is 4. The molecule has 12 heteroatoms. The molecule has 148 valence electrons. The van der Waals surface area contributed by atoms with Crippen LogP contribution in [-0.4, -0.2) is 52.1 Å². The predicted molar refractivity (Wildman–Crippen MR) is 91.5 cm³/mol. The Hall–Kier alpha value is -3.44. The Morgan fingerprint density at radius 2 is 1.75 bits per heavy atom. The SMILES string of the molecule is O=C(O)c1cnc(N2CCN(c3ccc(C(F)(F)F)cc3[N+](=O)[O-])CC2)cn1. The molecule has 2 heterocycles. The van der Waals surface area contributed by atoms with Crippen molar-refractivity contribution in [3.63, 3.8) is 0 Å². The Morgan fingerprint density at radius 1 is 1.11 bits per heavy atom. The van der Waals surface area contributed by atoms with E-state index in [1.54, 1.807) is 4.90 Å². The Kier molecular flexibility index (Phi) is 5.03. The molecule has 1 aliphatic heterocycles. The molecular formula is C16H14F3N5O4. The van der Waals surface area contributed by atoms with Crippen molar-refractivity contribution in [1.29, 1.82) is 0 Å². The minimum atomic E-state index is -4.66. The second-order valence-electron chi connectivity index (χ2n) is 6.00. The fraction of sp³-hybridized carbons (Fsp3) is 0.312. The van der Waals surface area contributed by atoms with E-state index in [9.17, 15) is 28.1 Å². The van der Waals surface area contributed by atoms with Gasteiger partial charge in [0.25, 0.3) is 5.69 Å². The molecule has 0 spiro atoms. The molecule has 28 heavy (non-hydrogen) atoms. The molecule has 0 unspecified atom stereocenters. The number of benzene rings is 1. The zero-order valence-corrected chi connectivity index (χ0v) is 14.3. The molecule has 0 aliphatic carbocycles. The number of nitro benzene ring substituents is 1. The molecule has 1 aromatic heterocycles. The summed E-state index contributed by atoms with van der Waals surface area (Å²) >= 11 is 0. The van der Waals surface area contributed by atoms with Crippen molar-refractivity contribution in [2.75, 3.05) is 36.0 Å². The summed E-state index contributed by atoms with van der Waals surface area (Å²) in [6, 6.07) is 2.47. The van der Waals surface area contributed by atoms with Gasteiger partial charge in [-0.05, 0) is 12.1 Å². The van der Waals surface area contributed by atoms with Gasteiger partial charge in [0.15, 0.2) is 5.69 Å².